The summed E-state index contributed by atoms with van der Waals surface area (Å²) in [4.78, 5) is 10.1. The number of aliphatic carboxylic acids is 1. The van der Waals surface area contributed by atoms with E-state index in [2.05, 4.69) is 0 Å². The summed E-state index contributed by atoms with van der Waals surface area (Å²) in [7, 11) is 0. The number of rotatable bonds is 4. The van der Waals surface area contributed by atoms with Crippen molar-refractivity contribution in [3.8, 4) is 0 Å². The van der Waals surface area contributed by atoms with Gasteiger partial charge in [-0.05, 0) is 13.3 Å². The summed E-state index contributed by atoms with van der Waals surface area (Å²) in [6.45, 7) is 0.676. The van der Waals surface area contributed by atoms with Gasteiger partial charge < -0.3 is 15.3 Å². The van der Waals surface area contributed by atoms with Gasteiger partial charge in [-0.1, -0.05) is 0 Å². The minimum Gasteiger partial charge on any atom is -0.481 e. The van der Waals surface area contributed by atoms with Crippen LogP contribution >= 0.6 is 0 Å². The van der Waals surface area contributed by atoms with Crippen LogP contribution < -0.4 is 0 Å². The molecule has 0 aliphatic rings. The van der Waals surface area contributed by atoms with Crippen LogP contribution in [0.25, 0.3) is 0 Å². The van der Waals surface area contributed by atoms with Crippen molar-refractivity contribution in [3.63, 3.8) is 0 Å². The zero-order valence-corrected chi connectivity index (χ0v) is 5.74. The van der Waals surface area contributed by atoms with Crippen molar-refractivity contribution in [1.29, 1.82) is 0 Å². The van der Waals surface area contributed by atoms with Crippen molar-refractivity contribution in [1.82, 2.24) is 0 Å². The zero-order chi connectivity index (χ0) is 9.07. The molecule has 3 N–H and O–H groups in total. The molecule has 0 heterocycles. The lowest BCUT2D eigenvalue weighted by Gasteiger charge is -2.18. The molecule has 0 aliphatic carbocycles. The van der Waals surface area contributed by atoms with Gasteiger partial charge in [0.25, 0.3) is 0 Å². The van der Waals surface area contributed by atoms with E-state index in [9.17, 15) is 9.90 Å². The smallest absolute Gasteiger partial charge is 0.306 e. The van der Waals surface area contributed by atoms with E-state index in [1.54, 1.807) is 0 Å². The van der Waals surface area contributed by atoms with Gasteiger partial charge >= 0.3 is 5.97 Å². The van der Waals surface area contributed by atoms with Crippen LogP contribution in [0, 0.1) is 0 Å². The molecule has 0 rings (SSSR count). The predicted molar refractivity (Wildman–Crippen MR) is 34.6 cm³/mol. The van der Waals surface area contributed by atoms with Gasteiger partial charge in [-0.15, -0.1) is 0 Å². The third kappa shape index (κ3) is 4.29. The molecule has 0 saturated heterocycles. The lowest BCUT2D eigenvalue weighted by Crippen LogP contribution is -2.28. The molecule has 2 atom stereocenters. The monoisotopic (exact) mass is 149 g/mol. The molecule has 0 aromatic carbocycles. The summed E-state index contributed by atoms with van der Waals surface area (Å²) in [6, 6.07) is 0. The van der Waals surface area contributed by atoms with Crippen LogP contribution in [0.2, 0.25) is 0 Å². The normalized spacial score (nSPS) is 20.9. The van der Waals surface area contributed by atoms with Gasteiger partial charge in [-0.3, -0.25) is 4.79 Å². The van der Waals surface area contributed by atoms with Crippen LogP contribution in [0.1, 0.15) is 21.1 Å². The first kappa shape index (κ1) is 7.50. The van der Waals surface area contributed by atoms with E-state index in [1.165, 1.54) is 6.92 Å². The van der Waals surface area contributed by atoms with Crippen LogP contribution in [-0.2, 0) is 4.79 Å². The summed E-state index contributed by atoms with van der Waals surface area (Å²) in [5.74, 6) is -1.18. The Balaban J connectivity index is 4.08. The first-order valence-corrected chi connectivity index (χ1v) is 2.87. The average molecular weight is 149 g/mol. The summed E-state index contributed by atoms with van der Waals surface area (Å²) in [5, 5.41) is 25.9. The quantitative estimate of drug-likeness (QED) is 0.508. The van der Waals surface area contributed by atoms with E-state index >= 15 is 0 Å². The van der Waals surface area contributed by atoms with Crippen molar-refractivity contribution in [2.45, 2.75) is 25.3 Å². The second-order valence-electron chi connectivity index (χ2n) is 2.31. The lowest BCUT2D eigenvalue weighted by atomic mass is 9.99. The van der Waals surface area contributed by atoms with Crippen molar-refractivity contribution < 1.29 is 21.5 Å². The maximum atomic E-state index is 10.1. The summed E-state index contributed by atoms with van der Waals surface area (Å²) in [6.07, 6.45) is -1.69. The fourth-order valence-corrected chi connectivity index (χ4v) is 0.575. The highest BCUT2D eigenvalue weighted by molar-refractivity contribution is 5.67. The van der Waals surface area contributed by atoms with Gasteiger partial charge in [0, 0.05) is 7.98 Å². The zero-order valence-electron chi connectivity index (χ0n) is 6.74. The lowest BCUT2D eigenvalue weighted by molar-refractivity contribution is -0.142. The van der Waals surface area contributed by atoms with E-state index in [0.717, 1.165) is 0 Å². The molecule has 0 amide bonds. The molecule has 0 bridgehead atoms. The maximum absolute atomic E-state index is 10.1. The Kier molecular flexibility index (Phi) is 2.65. The number of aliphatic hydroxyl groups is 2. The highest BCUT2D eigenvalue weighted by Crippen LogP contribution is 2.12. The largest absolute Gasteiger partial charge is 0.481 e. The molecular weight excluding hydrogens is 136 g/mol. The van der Waals surface area contributed by atoms with Gasteiger partial charge in [0.15, 0.2) is 0 Å². The molecule has 60 valence electrons. The molecule has 0 aliphatic heterocycles. The van der Waals surface area contributed by atoms with Gasteiger partial charge in [0.1, 0.15) is 0 Å². The second kappa shape index (κ2) is 3.53. The number of aliphatic hydroxyl groups excluding tert-OH is 1. The van der Waals surface area contributed by atoms with Crippen molar-refractivity contribution in [2.24, 2.45) is 0 Å². The standard InChI is InChI=1S/C6H12O4/c1-6(10,2-3-7)4-5(8)9/h7,10H,2-4H2,1H3,(H,8,9)/t6-/m0/s1/i2D/t2-,6+/m1. The van der Waals surface area contributed by atoms with E-state index in [-0.39, 0.29) is 0 Å². The van der Waals surface area contributed by atoms with Gasteiger partial charge in [0.2, 0.25) is 0 Å². The fraction of sp³-hybridized carbons (Fsp3) is 0.833. The molecule has 0 fully saturated rings. The number of hydrogen-bond donors (Lipinski definition) is 3. The van der Waals surface area contributed by atoms with E-state index in [0.29, 0.717) is 0 Å². The van der Waals surface area contributed by atoms with E-state index < -0.39 is 31.0 Å². The maximum Gasteiger partial charge on any atom is 0.306 e. The summed E-state index contributed by atoms with van der Waals surface area (Å²) in [5.41, 5.74) is -1.65. The van der Waals surface area contributed by atoms with Gasteiger partial charge in [0.05, 0.1) is 12.0 Å². The van der Waals surface area contributed by atoms with Crippen LogP contribution in [0.3, 0.4) is 0 Å². The van der Waals surface area contributed by atoms with Crippen molar-refractivity contribution >= 4 is 5.97 Å². The van der Waals surface area contributed by atoms with Gasteiger partial charge in [-0.25, -0.2) is 0 Å². The third-order valence-corrected chi connectivity index (χ3v) is 1.04. The third-order valence-electron chi connectivity index (χ3n) is 1.04. The van der Waals surface area contributed by atoms with Crippen LogP contribution in [0.15, 0.2) is 0 Å². The highest BCUT2D eigenvalue weighted by Gasteiger charge is 2.22. The molecule has 0 aromatic rings. The average Bonchev–Trinajstić information content (AvgIpc) is 1.83. The molecule has 0 saturated carbocycles. The predicted octanol–water partition coefficient (Wildman–Crippen LogP) is -0.406. The number of carboxylic acids is 1. The SMILES string of the molecule is [2H][C@H](CO)[C@](C)(O)CC(=O)O. The second-order valence-corrected chi connectivity index (χ2v) is 2.31. The molecular formula is C6H12O4. The topological polar surface area (TPSA) is 77.8 Å². The highest BCUT2D eigenvalue weighted by atomic mass is 16.4. The fourth-order valence-electron chi connectivity index (χ4n) is 0.575. The molecule has 10 heavy (non-hydrogen) atoms. The Hall–Kier alpha value is -0.610. The van der Waals surface area contributed by atoms with Crippen molar-refractivity contribution in [2.75, 3.05) is 6.61 Å². The van der Waals surface area contributed by atoms with Crippen LogP contribution in [0.4, 0.5) is 0 Å². The molecule has 4 heteroatoms. The summed E-state index contributed by atoms with van der Waals surface area (Å²) < 4.78 is 7.05. The molecule has 0 unspecified atom stereocenters. The van der Waals surface area contributed by atoms with Crippen LogP contribution in [-0.4, -0.2) is 33.5 Å². The van der Waals surface area contributed by atoms with Crippen LogP contribution in [0.5, 0.6) is 0 Å². The number of carbonyl (C=O) groups is 1. The van der Waals surface area contributed by atoms with E-state index in [4.69, 9.17) is 11.6 Å². The Morgan fingerprint density at radius 3 is 2.60 bits per heavy atom. The molecule has 4 nitrogen and oxygen atoms in total. The summed E-state index contributed by atoms with van der Waals surface area (Å²) >= 11 is 0. The Morgan fingerprint density at radius 1 is 1.80 bits per heavy atom. The molecule has 0 aromatic heterocycles. The minimum atomic E-state index is -1.65. The number of hydrogen-bond acceptors (Lipinski definition) is 3. The Bertz CT molecular complexity index is 146. The Labute approximate surface area is 60.5 Å². The first-order valence-electron chi connectivity index (χ1n) is 3.45. The minimum absolute atomic E-state index is 0.526. The van der Waals surface area contributed by atoms with Crippen molar-refractivity contribution in [3.05, 3.63) is 0 Å². The van der Waals surface area contributed by atoms with Gasteiger partial charge in [-0.2, -0.15) is 0 Å². The molecule has 0 spiro atoms. The Morgan fingerprint density at radius 2 is 2.30 bits per heavy atom. The number of carboxylic acid groups (broad SMARTS) is 1. The molecule has 0 radical (unpaired) electrons. The van der Waals surface area contributed by atoms with E-state index in [1.807, 2.05) is 0 Å². The first-order chi connectivity index (χ1) is 4.90.